The van der Waals surface area contributed by atoms with E-state index in [0.717, 1.165) is 13.0 Å². The lowest BCUT2D eigenvalue weighted by molar-refractivity contribution is 0.0465. The van der Waals surface area contributed by atoms with E-state index in [1.165, 1.54) is 18.1 Å². The summed E-state index contributed by atoms with van der Waals surface area (Å²) in [5.41, 5.74) is 0. The van der Waals surface area contributed by atoms with Crippen molar-refractivity contribution in [3.8, 4) is 0 Å². The van der Waals surface area contributed by atoms with Crippen LogP contribution in [0.3, 0.4) is 0 Å². The quantitative estimate of drug-likeness (QED) is 0.512. The highest BCUT2D eigenvalue weighted by atomic mass is 28.3. The highest BCUT2D eigenvalue weighted by Crippen LogP contribution is 2.24. The molecule has 0 bridgehead atoms. The van der Waals surface area contributed by atoms with Crippen molar-refractivity contribution in [2.24, 2.45) is 0 Å². The predicted octanol–water partition coefficient (Wildman–Crippen LogP) is 3.82. The Morgan fingerprint density at radius 2 is 1.59 bits per heavy atom. The second-order valence-electron chi connectivity index (χ2n) is 7.25. The summed E-state index contributed by atoms with van der Waals surface area (Å²) in [6.45, 7) is 15.5. The van der Waals surface area contributed by atoms with Gasteiger partial charge in [0.25, 0.3) is 0 Å². The fourth-order valence-corrected chi connectivity index (χ4v) is 8.80. The van der Waals surface area contributed by atoms with Gasteiger partial charge < -0.3 is 9.84 Å². The van der Waals surface area contributed by atoms with E-state index in [1.54, 1.807) is 6.92 Å². The first kappa shape index (κ1) is 17.4. The van der Waals surface area contributed by atoms with E-state index in [0.29, 0.717) is 6.61 Å². The largest absolute Gasteiger partial charge is 0.391 e. The SMILES string of the molecule is CC(O)COCCC[Si](C)(C)CC[Si](C)(C)C. The molecule has 0 aliphatic rings. The van der Waals surface area contributed by atoms with Gasteiger partial charge in [-0.25, -0.2) is 0 Å². The molecule has 17 heavy (non-hydrogen) atoms. The smallest absolute Gasteiger partial charge is 0.0745 e. The van der Waals surface area contributed by atoms with Crippen molar-refractivity contribution in [2.75, 3.05) is 13.2 Å². The fraction of sp³-hybridized carbons (Fsp3) is 1.00. The number of hydrogen-bond donors (Lipinski definition) is 1. The average molecular weight is 277 g/mol. The second kappa shape index (κ2) is 7.72. The molecule has 0 heterocycles. The maximum absolute atomic E-state index is 9.07. The fourth-order valence-electron chi connectivity index (χ4n) is 1.75. The van der Waals surface area contributed by atoms with Gasteiger partial charge in [-0.1, -0.05) is 50.9 Å². The number of ether oxygens (including phenoxy) is 1. The lowest BCUT2D eigenvalue weighted by Gasteiger charge is -2.26. The first-order valence-corrected chi connectivity index (χ1v) is 14.0. The molecular formula is C13H32O2Si2. The third-order valence-electron chi connectivity index (χ3n) is 3.05. The first-order valence-electron chi connectivity index (χ1n) is 6.88. The van der Waals surface area contributed by atoms with E-state index in [-0.39, 0.29) is 6.10 Å². The lowest BCUT2D eigenvalue weighted by Crippen LogP contribution is -2.30. The van der Waals surface area contributed by atoms with Crippen molar-refractivity contribution in [1.29, 1.82) is 0 Å². The minimum absolute atomic E-state index is 0.327. The van der Waals surface area contributed by atoms with Gasteiger partial charge in [-0.05, 0) is 13.3 Å². The summed E-state index contributed by atoms with van der Waals surface area (Å²) in [6.07, 6.45) is 0.838. The zero-order valence-corrected chi connectivity index (χ0v) is 14.7. The van der Waals surface area contributed by atoms with Gasteiger partial charge in [-0.3, -0.25) is 0 Å². The van der Waals surface area contributed by atoms with Crippen LogP contribution in [0.2, 0.25) is 50.9 Å². The third-order valence-corrected chi connectivity index (χ3v) is 8.61. The van der Waals surface area contributed by atoms with Crippen LogP contribution in [-0.4, -0.2) is 40.6 Å². The van der Waals surface area contributed by atoms with Crippen molar-refractivity contribution in [1.82, 2.24) is 0 Å². The first-order chi connectivity index (χ1) is 7.62. The summed E-state index contributed by atoms with van der Waals surface area (Å²) in [5.74, 6) is 0. The van der Waals surface area contributed by atoms with Gasteiger partial charge in [0.1, 0.15) is 0 Å². The molecule has 0 aromatic rings. The molecular weight excluding hydrogens is 244 g/mol. The van der Waals surface area contributed by atoms with Crippen molar-refractivity contribution >= 4 is 16.1 Å². The summed E-state index contributed by atoms with van der Waals surface area (Å²) >= 11 is 0. The molecule has 0 radical (unpaired) electrons. The monoisotopic (exact) mass is 276 g/mol. The van der Waals surface area contributed by atoms with Crippen LogP contribution in [0, 0.1) is 0 Å². The zero-order valence-electron chi connectivity index (χ0n) is 12.7. The van der Waals surface area contributed by atoms with Crippen LogP contribution < -0.4 is 0 Å². The van der Waals surface area contributed by atoms with Crippen LogP contribution in [-0.2, 0) is 4.74 Å². The molecule has 0 aromatic carbocycles. The number of aliphatic hydroxyl groups is 1. The molecule has 0 saturated heterocycles. The zero-order chi connectivity index (χ0) is 13.5. The Bertz CT molecular complexity index is 198. The predicted molar refractivity (Wildman–Crippen MR) is 82.4 cm³/mol. The van der Waals surface area contributed by atoms with Gasteiger partial charge in [0.05, 0.1) is 12.7 Å². The molecule has 104 valence electrons. The summed E-state index contributed by atoms with van der Waals surface area (Å²) in [4.78, 5) is 0. The molecule has 1 N–H and O–H groups in total. The minimum Gasteiger partial charge on any atom is -0.391 e. The van der Waals surface area contributed by atoms with E-state index in [1.807, 2.05) is 0 Å². The van der Waals surface area contributed by atoms with Crippen LogP contribution >= 0.6 is 0 Å². The molecule has 4 heteroatoms. The molecule has 0 aliphatic carbocycles. The van der Waals surface area contributed by atoms with Gasteiger partial charge in [-0.2, -0.15) is 0 Å². The van der Waals surface area contributed by atoms with Crippen molar-refractivity contribution < 1.29 is 9.84 Å². The molecule has 2 nitrogen and oxygen atoms in total. The van der Waals surface area contributed by atoms with Crippen LogP contribution in [0.1, 0.15) is 13.3 Å². The maximum Gasteiger partial charge on any atom is 0.0745 e. The van der Waals surface area contributed by atoms with Gasteiger partial charge in [0, 0.05) is 22.8 Å². The van der Waals surface area contributed by atoms with Gasteiger partial charge in [0.15, 0.2) is 0 Å². The van der Waals surface area contributed by atoms with Gasteiger partial charge >= 0.3 is 0 Å². The van der Waals surface area contributed by atoms with E-state index in [2.05, 4.69) is 32.7 Å². The summed E-state index contributed by atoms with van der Waals surface area (Å²) in [7, 11) is -1.86. The number of hydrogen-bond acceptors (Lipinski definition) is 2. The highest BCUT2D eigenvalue weighted by molar-refractivity contribution is 6.82. The Labute approximate surface area is 110 Å². The Hall–Kier alpha value is 0.354. The van der Waals surface area contributed by atoms with Crippen LogP contribution in [0.15, 0.2) is 0 Å². The van der Waals surface area contributed by atoms with E-state index < -0.39 is 16.1 Å². The van der Waals surface area contributed by atoms with Crippen molar-refractivity contribution in [3.05, 3.63) is 0 Å². The Kier molecular flexibility index (Phi) is 7.88. The Morgan fingerprint density at radius 1 is 1.00 bits per heavy atom. The molecule has 0 fully saturated rings. The average Bonchev–Trinajstić information content (AvgIpc) is 2.13. The number of aliphatic hydroxyl groups excluding tert-OH is 1. The molecule has 0 saturated carbocycles. The molecule has 0 aromatic heterocycles. The van der Waals surface area contributed by atoms with Crippen LogP contribution in [0.4, 0.5) is 0 Å². The van der Waals surface area contributed by atoms with Crippen LogP contribution in [0.5, 0.6) is 0 Å². The van der Waals surface area contributed by atoms with Crippen molar-refractivity contribution in [3.63, 3.8) is 0 Å². The topological polar surface area (TPSA) is 29.5 Å². The highest BCUT2D eigenvalue weighted by Gasteiger charge is 2.23. The molecule has 0 amide bonds. The summed E-state index contributed by atoms with van der Waals surface area (Å²) in [5, 5.41) is 9.07. The second-order valence-corrected chi connectivity index (χ2v) is 18.2. The van der Waals surface area contributed by atoms with E-state index >= 15 is 0 Å². The standard InChI is InChI=1S/C13H32O2Si2/c1-13(14)12-15-8-7-9-17(5,6)11-10-16(2,3)4/h13-14H,7-12H2,1-6H3. The van der Waals surface area contributed by atoms with E-state index in [9.17, 15) is 0 Å². The molecule has 0 rings (SSSR count). The van der Waals surface area contributed by atoms with Gasteiger partial charge in [0.2, 0.25) is 0 Å². The third kappa shape index (κ3) is 12.6. The normalized spacial score (nSPS) is 15.0. The van der Waals surface area contributed by atoms with E-state index in [4.69, 9.17) is 9.84 Å². The number of rotatable bonds is 9. The molecule has 0 spiro atoms. The minimum atomic E-state index is -0.998. The van der Waals surface area contributed by atoms with Crippen LogP contribution in [0.25, 0.3) is 0 Å². The molecule has 1 unspecified atom stereocenters. The maximum atomic E-state index is 9.07. The Balaban J connectivity index is 3.64. The van der Waals surface area contributed by atoms with Gasteiger partial charge in [-0.15, -0.1) is 0 Å². The molecule has 0 aliphatic heterocycles. The molecule has 1 atom stereocenters. The lowest BCUT2D eigenvalue weighted by atomic mass is 10.4. The van der Waals surface area contributed by atoms with Crippen molar-refractivity contribution in [2.45, 2.75) is 70.3 Å². The summed E-state index contributed by atoms with van der Waals surface area (Å²) < 4.78 is 5.42. The Morgan fingerprint density at radius 3 is 2.06 bits per heavy atom. The summed E-state index contributed by atoms with van der Waals surface area (Å²) in [6, 6.07) is 4.30.